The van der Waals surface area contributed by atoms with Crippen LogP contribution in [0.2, 0.25) is 5.02 Å². The van der Waals surface area contributed by atoms with Gasteiger partial charge in [-0.3, -0.25) is 4.90 Å². The monoisotopic (exact) mass is 310 g/mol. The van der Waals surface area contributed by atoms with Crippen molar-refractivity contribution in [2.45, 2.75) is 18.9 Å². The van der Waals surface area contributed by atoms with Crippen molar-refractivity contribution in [1.29, 1.82) is 0 Å². The van der Waals surface area contributed by atoms with Crippen LogP contribution in [0.25, 0.3) is 0 Å². The van der Waals surface area contributed by atoms with Crippen LogP contribution in [-0.4, -0.2) is 49.4 Å². The van der Waals surface area contributed by atoms with Crippen molar-refractivity contribution in [3.05, 3.63) is 28.8 Å². The van der Waals surface area contributed by atoms with Gasteiger partial charge in [0.2, 0.25) is 0 Å². The lowest BCUT2D eigenvalue weighted by molar-refractivity contribution is 0.0213. The zero-order chi connectivity index (χ0) is 14.7. The maximum atomic E-state index is 9.67. The molecule has 0 aliphatic carbocycles. The van der Waals surface area contributed by atoms with Gasteiger partial charge in [0.25, 0.3) is 0 Å². The number of nitrogens with zero attached hydrogens (tertiary/aromatic N) is 1. The predicted octanol–water partition coefficient (Wildman–Crippen LogP) is 2.42. The van der Waals surface area contributed by atoms with E-state index in [9.17, 15) is 5.11 Å². The molecule has 5 heteroatoms. The molecular weight excluding hydrogens is 288 g/mol. The van der Waals surface area contributed by atoms with Gasteiger partial charge < -0.3 is 15.2 Å². The Kier molecular flexibility index (Phi) is 5.01. The summed E-state index contributed by atoms with van der Waals surface area (Å²) in [7, 11) is 0. The van der Waals surface area contributed by atoms with Gasteiger partial charge in [-0.2, -0.15) is 0 Å². The summed E-state index contributed by atoms with van der Waals surface area (Å²) in [6.45, 7) is 5.87. The molecule has 2 saturated heterocycles. The summed E-state index contributed by atoms with van der Waals surface area (Å²) in [5, 5.41) is 13.5. The normalized spacial score (nSPS) is 23.1. The SMILES string of the molecule is Oc1ccc([C@@H](C2CCOCC2)N2CCNCC2)cc1Cl. The third-order valence-electron chi connectivity index (χ3n) is 4.57. The Morgan fingerprint density at radius 1 is 1.24 bits per heavy atom. The van der Waals surface area contributed by atoms with E-state index >= 15 is 0 Å². The number of benzene rings is 1. The number of nitrogens with one attached hydrogen (secondary N) is 1. The number of aromatic hydroxyl groups is 1. The van der Waals surface area contributed by atoms with Crippen LogP contribution in [0.4, 0.5) is 0 Å². The number of rotatable bonds is 3. The first-order valence-corrected chi connectivity index (χ1v) is 8.14. The first-order valence-electron chi connectivity index (χ1n) is 7.76. The number of phenols is 1. The molecule has 0 bridgehead atoms. The molecule has 4 nitrogen and oxygen atoms in total. The minimum atomic E-state index is 0.159. The summed E-state index contributed by atoms with van der Waals surface area (Å²) in [5.74, 6) is 0.754. The zero-order valence-corrected chi connectivity index (χ0v) is 13.0. The Bertz CT molecular complexity index is 453. The van der Waals surface area contributed by atoms with E-state index in [1.165, 1.54) is 5.56 Å². The van der Waals surface area contributed by atoms with E-state index in [1.807, 2.05) is 12.1 Å². The Morgan fingerprint density at radius 3 is 2.62 bits per heavy atom. The van der Waals surface area contributed by atoms with E-state index in [4.69, 9.17) is 16.3 Å². The van der Waals surface area contributed by atoms with Crippen LogP contribution >= 0.6 is 11.6 Å². The van der Waals surface area contributed by atoms with Gasteiger partial charge in [0.15, 0.2) is 0 Å². The van der Waals surface area contributed by atoms with E-state index < -0.39 is 0 Å². The average molecular weight is 311 g/mol. The molecule has 1 aromatic rings. The van der Waals surface area contributed by atoms with Gasteiger partial charge in [-0.15, -0.1) is 0 Å². The van der Waals surface area contributed by atoms with E-state index in [0.29, 0.717) is 17.0 Å². The van der Waals surface area contributed by atoms with Crippen molar-refractivity contribution >= 4 is 11.6 Å². The summed E-state index contributed by atoms with van der Waals surface area (Å²) in [6, 6.07) is 6.03. The van der Waals surface area contributed by atoms with E-state index in [0.717, 1.165) is 52.2 Å². The minimum absolute atomic E-state index is 0.159. The molecule has 2 fully saturated rings. The van der Waals surface area contributed by atoms with Crippen LogP contribution in [-0.2, 0) is 4.74 Å². The molecule has 0 spiro atoms. The number of halogens is 1. The summed E-state index contributed by atoms with van der Waals surface area (Å²) in [5.41, 5.74) is 1.21. The third kappa shape index (κ3) is 3.51. The van der Waals surface area contributed by atoms with Crippen LogP contribution in [0.5, 0.6) is 5.75 Å². The second kappa shape index (κ2) is 6.97. The van der Waals surface area contributed by atoms with Crippen molar-refractivity contribution in [3.63, 3.8) is 0 Å². The Balaban J connectivity index is 1.87. The highest BCUT2D eigenvalue weighted by Gasteiger charge is 2.31. The molecule has 3 rings (SSSR count). The Labute approximate surface area is 131 Å². The highest BCUT2D eigenvalue weighted by molar-refractivity contribution is 6.32. The summed E-state index contributed by atoms with van der Waals surface area (Å²) >= 11 is 6.13. The molecule has 2 aliphatic heterocycles. The first kappa shape index (κ1) is 15.1. The van der Waals surface area contributed by atoms with Crippen LogP contribution in [0, 0.1) is 5.92 Å². The van der Waals surface area contributed by atoms with Gasteiger partial charge in [-0.25, -0.2) is 0 Å². The molecular formula is C16H23ClN2O2. The van der Waals surface area contributed by atoms with Gasteiger partial charge in [0, 0.05) is 45.4 Å². The van der Waals surface area contributed by atoms with E-state index in [2.05, 4.69) is 10.2 Å². The van der Waals surface area contributed by atoms with Crippen molar-refractivity contribution in [2.75, 3.05) is 39.4 Å². The molecule has 0 aromatic heterocycles. The smallest absolute Gasteiger partial charge is 0.134 e. The number of piperazine rings is 1. The molecule has 0 unspecified atom stereocenters. The minimum Gasteiger partial charge on any atom is -0.506 e. The van der Waals surface area contributed by atoms with Gasteiger partial charge >= 0.3 is 0 Å². The fourth-order valence-electron chi connectivity index (χ4n) is 3.48. The lowest BCUT2D eigenvalue weighted by Crippen LogP contribution is -2.47. The summed E-state index contributed by atoms with van der Waals surface area (Å²) in [6.07, 6.45) is 2.18. The Morgan fingerprint density at radius 2 is 1.95 bits per heavy atom. The van der Waals surface area contributed by atoms with Crippen molar-refractivity contribution in [2.24, 2.45) is 5.92 Å². The average Bonchev–Trinajstić information content (AvgIpc) is 2.53. The lowest BCUT2D eigenvalue weighted by Gasteiger charge is -2.41. The molecule has 0 amide bonds. The quantitative estimate of drug-likeness (QED) is 0.900. The molecule has 116 valence electrons. The summed E-state index contributed by atoms with van der Waals surface area (Å²) in [4.78, 5) is 2.55. The number of hydrogen-bond donors (Lipinski definition) is 2. The second-order valence-electron chi connectivity index (χ2n) is 5.89. The molecule has 1 atom stereocenters. The predicted molar refractivity (Wildman–Crippen MR) is 83.8 cm³/mol. The number of hydrogen-bond acceptors (Lipinski definition) is 4. The van der Waals surface area contributed by atoms with Gasteiger partial charge in [-0.1, -0.05) is 17.7 Å². The zero-order valence-electron chi connectivity index (χ0n) is 12.2. The topological polar surface area (TPSA) is 44.7 Å². The van der Waals surface area contributed by atoms with Crippen molar-refractivity contribution < 1.29 is 9.84 Å². The molecule has 0 radical (unpaired) electrons. The van der Waals surface area contributed by atoms with Crippen molar-refractivity contribution in [3.8, 4) is 5.75 Å². The summed E-state index contributed by atoms with van der Waals surface area (Å²) < 4.78 is 5.52. The second-order valence-corrected chi connectivity index (χ2v) is 6.30. The van der Waals surface area contributed by atoms with Crippen LogP contribution in [0.15, 0.2) is 18.2 Å². The molecule has 2 aliphatic rings. The molecule has 0 saturated carbocycles. The molecule has 2 N–H and O–H groups in total. The fraction of sp³-hybridized carbons (Fsp3) is 0.625. The highest BCUT2D eigenvalue weighted by atomic mass is 35.5. The van der Waals surface area contributed by atoms with Gasteiger partial charge in [-0.05, 0) is 36.5 Å². The molecule has 2 heterocycles. The standard InChI is InChI=1S/C16H23ClN2O2/c17-14-11-13(1-2-15(14)20)16(12-3-9-21-10-4-12)19-7-5-18-6-8-19/h1-2,11-12,16,18,20H,3-10H2/t16-/m1/s1. The largest absolute Gasteiger partial charge is 0.506 e. The Hall–Kier alpha value is -0.810. The third-order valence-corrected chi connectivity index (χ3v) is 4.87. The molecule has 1 aromatic carbocycles. The highest BCUT2D eigenvalue weighted by Crippen LogP contribution is 2.37. The maximum absolute atomic E-state index is 9.67. The van der Waals surface area contributed by atoms with Gasteiger partial charge in [0.1, 0.15) is 5.75 Å². The van der Waals surface area contributed by atoms with Crippen LogP contribution in [0.3, 0.4) is 0 Å². The number of phenolic OH excluding ortho intramolecular Hbond substituents is 1. The van der Waals surface area contributed by atoms with Crippen molar-refractivity contribution in [1.82, 2.24) is 10.2 Å². The van der Waals surface area contributed by atoms with Gasteiger partial charge in [0.05, 0.1) is 5.02 Å². The fourth-order valence-corrected chi connectivity index (χ4v) is 3.67. The first-order chi connectivity index (χ1) is 10.3. The maximum Gasteiger partial charge on any atom is 0.134 e. The van der Waals surface area contributed by atoms with Crippen LogP contribution < -0.4 is 5.32 Å². The number of ether oxygens (including phenoxy) is 1. The van der Waals surface area contributed by atoms with E-state index in [1.54, 1.807) is 6.07 Å². The lowest BCUT2D eigenvalue weighted by atomic mass is 9.85. The molecule has 21 heavy (non-hydrogen) atoms. The van der Waals surface area contributed by atoms with E-state index in [-0.39, 0.29) is 5.75 Å². The van der Waals surface area contributed by atoms with Crippen LogP contribution in [0.1, 0.15) is 24.4 Å².